The summed E-state index contributed by atoms with van der Waals surface area (Å²) in [5.74, 6) is 0. The maximum atomic E-state index is 2.54. The average Bonchev–Trinajstić information content (AvgIpc) is 3.20. The summed E-state index contributed by atoms with van der Waals surface area (Å²) in [4.78, 5) is 0. The zero-order valence-electron chi connectivity index (χ0n) is 17.2. The van der Waals surface area contributed by atoms with E-state index in [4.69, 9.17) is 0 Å². The molecule has 0 saturated heterocycles. The highest BCUT2D eigenvalue weighted by Gasteiger charge is 2.53. The van der Waals surface area contributed by atoms with Gasteiger partial charge in [0.2, 0.25) is 0 Å². The molecule has 0 saturated carbocycles. The minimum atomic E-state index is -2.26. The first-order valence-electron chi connectivity index (χ1n) is 10.5. The molecule has 0 unspecified atom stereocenters. The van der Waals surface area contributed by atoms with E-state index in [1.165, 1.54) is 27.8 Å². The molecule has 4 aromatic carbocycles. The number of fused-ring (bicyclic) bond motifs is 10. The van der Waals surface area contributed by atoms with Crippen LogP contribution in [0, 0.1) is 0 Å². The zero-order valence-corrected chi connectivity index (χ0v) is 18.2. The lowest BCUT2D eigenvalue weighted by Gasteiger charge is -2.29. The largest absolute Gasteiger partial charge is 0.182 e. The Labute approximate surface area is 173 Å². The molecule has 0 nitrogen and oxygen atoms in total. The molecule has 0 atom stereocenters. The lowest BCUT2D eigenvalue weighted by molar-refractivity contribution is 0.591. The molecule has 0 aliphatic carbocycles. The number of benzene rings is 4. The van der Waals surface area contributed by atoms with Gasteiger partial charge in [-0.3, -0.25) is 0 Å². The number of hydrogen-bond acceptors (Lipinski definition) is 0. The van der Waals surface area contributed by atoms with Crippen molar-refractivity contribution in [2.75, 3.05) is 0 Å². The van der Waals surface area contributed by atoms with Crippen LogP contribution in [0.5, 0.6) is 0 Å². The molecule has 0 radical (unpaired) electrons. The molecule has 0 aromatic heterocycles. The molecule has 0 fully saturated rings. The average molecular weight is 389 g/mol. The Morgan fingerprint density at radius 3 is 1.34 bits per heavy atom. The van der Waals surface area contributed by atoms with Gasteiger partial charge in [-0.2, -0.15) is 0 Å². The fraction of sp³-hybridized carbons (Fsp3) is 0.143. The van der Waals surface area contributed by atoms with Crippen LogP contribution in [0.25, 0.3) is 22.3 Å². The van der Waals surface area contributed by atoms with Crippen LogP contribution in [-0.4, -0.2) is 8.07 Å². The van der Waals surface area contributed by atoms with Crippen LogP contribution in [0.3, 0.4) is 0 Å². The second-order valence-electron chi connectivity index (χ2n) is 9.40. The van der Waals surface area contributed by atoms with E-state index in [1.807, 2.05) is 0 Å². The van der Waals surface area contributed by atoms with E-state index < -0.39 is 8.07 Å². The van der Waals surface area contributed by atoms with Crippen molar-refractivity contribution in [2.24, 2.45) is 0 Å². The Bertz CT molecular complexity index is 1230. The second-order valence-corrected chi connectivity index (χ2v) is 13.1. The summed E-state index contributed by atoms with van der Waals surface area (Å²) in [6.07, 6.45) is 0. The van der Waals surface area contributed by atoms with E-state index in [9.17, 15) is 0 Å². The Balaban J connectivity index is 1.82. The lowest BCUT2D eigenvalue weighted by Crippen LogP contribution is -2.70. The molecule has 6 rings (SSSR count). The zero-order chi connectivity index (χ0) is 19.8. The van der Waals surface area contributed by atoms with Crippen LogP contribution in [0.15, 0.2) is 91.0 Å². The number of hydrogen-bond donors (Lipinski definition) is 0. The van der Waals surface area contributed by atoms with Gasteiger partial charge in [0.05, 0.1) is 0 Å². The molecule has 2 aliphatic heterocycles. The van der Waals surface area contributed by atoms with Gasteiger partial charge in [-0.05, 0) is 54.0 Å². The standard InChI is InChI=1S/C28H24Si/c1-28(2,3)19-16-17-23-22-12-6-9-15-26(22)29(27(23)18-19)24-13-7-4-10-20(24)21-11-5-8-14-25(21)29/h4-18H,1-3H3. The van der Waals surface area contributed by atoms with Crippen molar-refractivity contribution in [2.45, 2.75) is 26.2 Å². The van der Waals surface area contributed by atoms with Gasteiger partial charge in [0.25, 0.3) is 0 Å². The van der Waals surface area contributed by atoms with Gasteiger partial charge in [-0.25, -0.2) is 0 Å². The highest BCUT2D eigenvalue weighted by atomic mass is 28.3. The summed E-state index contributed by atoms with van der Waals surface area (Å²) in [7, 11) is -2.26. The van der Waals surface area contributed by atoms with E-state index in [2.05, 4.69) is 112 Å². The van der Waals surface area contributed by atoms with Crippen molar-refractivity contribution in [3.8, 4) is 22.3 Å². The van der Waals surface area contributed by atoms with Crippen molar-refractivity contribution in [1.82, 2.24) is 0 Å². The predicted molar refractivity (Wildman–Crippen MR) is 127 cm³/mol. The molecule has 2 heterocycles. The van der Waals surface area contributed by atoms with Crippen LogP contribution < -0.4 is 20.7 Å². The summed E-state index contributed by atoms with van der Waals surface area (Å²) < 4.78 is 0. The van der Waals surface area contributed by atoms with Crippen LogP contribution in [-0.2, 0) is 5.41 Å². The van der Waals surface area contributed by atoms with Crippen molar-refractivity contribution in [3.05, 3.63) is 96.6 Å². The SMILES string of the molecule is CC(C)(C)c1ccc2c(c1)[Si]1(c3ccccc3-c3ccccc31)c1ccccc1-2. The molecular weight excluding hydrogens is 364 g/mol. The molecule has 0 amide bonds. The summed E-state index contributed by atoms with van der Waals surface area (Å²) in [6.45, 7) is 6.96. The first kappa shape index (κ1) is 17.0. The van der Waals surface area contributed by atoms with Crippen molar-refractivity contribution >= 4 is 28.8 Å². The quantitative estimate of drug-likeness (QED) is 0.340. The molecule has 1 heteroatoms. The molecule has 140 valence electrons. The van der Waals surface area contributed by atoms with Crippen LogP contribution >= 0.6 is 0 Å². The second kappa shape index (κ2) is 5.58. The van der Waals surface area contributed by atoms with Gasteiger partial charge in [0, 0.05) is 0 Å². The highest BCUT2D eigenvalue weighted by molar-refractivity contribution is 7.24. The summed E-state index contributed by atoms with van der Waals surface area (Å²) in [5.41, 5.74) is 7.29. The third-order valence-electron chi connectivity index (χ3n) is 6.86. The van der Waals surface area contributed by atoms with Crippen LogP contribution in [0.1, 0.15) is 26.3 Å². The molecular formula is C28H24Si. The van der Waals surface area contributed by atoms with Gasteiger partial charge in [-0.1, -0.05) is 112 Å². The summed E-state index contributed by atoms with van der Waals surface area (Å²) in [5, 5.41) is 6.24. The molecule has 2 aliphatic rings. The first-order valence-corrected chi connectivity index (χ1v) is 12.5. The minimum Gasteiger partial charge on any atom is -0.0623 e. The van der Waals surface area contributed by atoms with Crippen molar-refractivity contribution in [1.29, 1.82) is 0 Å². The highest BCUT2D eigenvalue weighted by Crippen LogP contribution is 2.36. The molecule has 1 spiro atoms. The number of rotatable bonds is 0. The smallest absolute Gasteiger partial charge is 0.0623 e. The maximum absolute atomic E-state index is 2.54. The van der Waals surface area contributed by atoms with Crippen molar-refractivity contribution < 1.29 is 0 Å². The van der Waals surface area contributed by atoms with Gasteiger partial charge in [-0.15, -0.1) is 0 Å². The lowest BCUT2D eigenvalue weighted by atomic mass is 9.86. The van der Waals surface area contributed by atoms with E-state index in [-0.39, 0.29) is 5.41 Å². The summed E-state index contributed by atoms with van der Waals surface area (Å²) in [6, 6.07) is 34.7. The van der Waals surface area contributed by atoms with Gasteiger partial charge < -0.3 is 0 Å². The van der Waals surface area contributed by atoms with Gasteiger partial charge >= 0.3 is 0 Å². The van der Waals surface area contributed by atoms with Gasteiger partial charge in [0.15, 0.2) is 8.07 Å². The molecule has 0 bridgehead atoms. The van der Waals surface area contributed by atoms with E-state index in [1.54, 1.807) is 20.7 Å². The summed E-state index contributed by atoms with van der Waals surface area (Å²) >= 11 is 0. The van der Waals surface area contributed by atoms with Crippen LogP contribution in [0.4, 0.5) is 0 Å². The maximum Gasteiger partial charge on any atom is 0.182 e. The Kier molecular flexibility index (Phi) is 3.27. The fourth-order valence-corrected chi connectivity index (χ4v) is 11.2. The molecule has 0 N–H and O–H groups in total. The first-order chi connectivity index (χ1) is 14.0. The van der Waals surface area contributed by atoms with E-state index in [0.717, 1.165) is 0 Å². The van der Waals surface area contributed by atoms with E-state index in [0.29, 0.717) is 0 Å². The van der Waals surface area contributed by atoms with E-state index >= 15 is 0 Å². The molecule has 4 aromatic rings. The monoisotopic (exact) mass is 388 g/mol. The normalized spacial score (nSPS) is 15.0. The van der Waals surface area contributed by atoms with Gasteiger partial charge in [0.1, 0.15) is 0 Å². The third-order valence-corrected chi connectivity index (χ3v) is 11.8. The topological polar surface area (TPSA) is 0 Å². The fourth-order valence-electron chi connectivity index (χ4n) is 5.56. The molecule has 29 heavy (non-hydrogen) atoms. The third kappa shape index (κ3) is 2.04. The minimum absolute atomic E-state index is 0.136. The Morgan fingerprint density at radius 2 is 0.897 bits per heavy atom. The Morgan fingerprint density at radius 1 is 0.483 bits per heavy atom. The Hall–Kier alpha value is -2.90. The van der Waals surface area contributed by atoms with Crippen molar-refractivity contribution in [3.63, 3.8) is 0 Å². The predicted octanol–water partition coefficient (Wildman–Crippen LogP) is 4.32. The van der Waals surface area contributed by atoms with Crippen LogP contribution in [0.2, 0.25) is 0 Å².